The molecule has 5 heteroatoms. The van der Waals surface area contributed by atoms with Gasteiger partial charge in [-0.1, -0.05) is 0 Å². The van der Waals surface area contributed by atoms with Crippen LogP contribution in [0, 0.1) is 0 Å². The molecule has 0 spiro atoms. The number of morpholine rings is 1. The standard InChI is InChI=1S/C13H24N2O3/c16-13-10-15(11-1-5-17-6-2-11)9-12(13)14-3-7-18-8-4-14/h11-13,16H,1-10H2/t12-,13-/m0/s1. The minimum Gasteiger partial charge on any atom is -0.390 e. The van der Waals surface area contributed by atoms with E-state index in [1.165, 1.54) is 0 Å². The molecule has 0 radical (unpaired) electrons. The topological polar surface area (TPSA) is 45.2 Å². The van der Waals surface area contributed by atoms with Crippen molar-refractivity contribution in [2.75, 3.05) is 52.6 Å². The predicted octanol–water partition coefficient (Wildman–Crippen LogP) is -0.457. The van der Waals surface area contributed by atoms with Crippen LogP contribution in [-0.4, -0.2) is 85.7 Å². The Labute approximate surface area is 109 Å². The van der Waals surface area contributed by atoms with Crippen molar-refractivity contribution in [1.82, 2.24) is 9.80 Å². The summed E-state index contributed by atoms with van der Waals surface area (Å²) in [5.74, 6) is 0. The zero-order valence-electron chi connectivity index (χ0n) is 11.0. The third-order valence-corrected chi connectivity index (χ3v) is 4.51. The average molecular weight is 256 g/mol. The van der Waals surface area contributed by atoms with Crippen LogP contribution in [0.25, 0.3) is 0 Å². The fourth-order valence-electron chi connectivity index (χ4n) is 3.41. The van der Waals surface area contributed by atoms with Crippen molar-refractivity contribution in [2.24, 2.45) is 0 Å². The number of aliphatic hydroxyl groups excluding tert-OH is 1. The molecular weight excluding hydrogens is 232 g/mol. The van der Waals surface area contributed by atoms with Gasteiger partial charge in [0.1, 0.15) is 0 Å². The Bertz CT molecular complexity index is 265. The summed E-state index contributed by atoms with van der Waals surface area (Å²) in [5.41, 5.74) is 0. The summed E-state index contributed by atoms with van der Waals surface area (Å²) in [6.07, 6.45) is 2.02. The van der Waals surface area contributed by atoms with Crippen LogP contribution in [-0.2, 0) is 9.47 Å². The number of aliphatic hydroxyl groups is 1. The number of hydrogen-bond donors (Lipinski definition) is 1. The SMILES string of the molecule is O[C@H]1CN(C2CCOCC2)C[C@@H]1N1CCOCC1. The largest absolute Gasteiger partial charge is 0.390 e. The van der Waals surface area contributed by atoms with Crippen molar-refractivity contribution in [3.8, 4) is 0 Å². The van der Waals surface area contributed by atoms with Crippen LogP contribution < -0.4 is 0 Å². The lowest BCUT2D eigenvalue weighted by atomic mass is 10.1. The van der Waals surface area contributed by atoms with Crippen LogP contribution in [0.3, 0.4) is 0 Å². The summed E-state index contributed by atoms with van der Waals surface area (Å²) in [7, 11) is 0. The molecular formula is C13H24N2O3. The lowest BCUT2D eigenvalue weighted by Crippen LogP contribution is -2.49. The van der Waals surface area contributed by atoms with Gasteiger partial charge in [0, 0.05) is 51.5 Å². The van der Waals surface area contributed by atoms with Crippen molar-refractivity contribution >= 4 is 0 Å². The van der Waals surface area contributed by atoms with E-state index in [0.717, 1.165) is 65.4 Å². The zero-order chi connectivity index (χ0) is 12.4. The van der Waals surface area contributed by atoms with E-state index in [1.807, 2.05) is 0 Å². The van der Waals surface area contributed by atoms with Gasteiger partial charge in [-0.2, -0.15) is 0 Å². The molecule has 3 rings (SSSR count). The molecule has 0 aromatic carbocycles. The Morgan fingerprint density at radius 3 is 2.22 bits per heavy atom. The second-order valence-electron chi connectivity index (χ2n) is 5.58. The van der Waals surface area contributed by atoms with Crippen molar-refractivity contribution in [3.63, 3.8) is 0 Å². The molecule has 3 fully saturated rings. The number of likely N-dealkylation sites (tertiary alicyclic amines) is 1. The second kappa shape index (κ2) is 5.84. The molecule has 0 aromatic rings. The van der Waals surface area contributed by atoms with E-state index in [1.54, 1.807) is 0 Å². The van der Waals surface area contributed by atoms with Gasteiger partial charge in [0.15, 0.2) is 0 Å². The molecule has 3 aliphatic heterocycles. The van der Waals surface area contributed by atoms with Gasteiger partial charge in [-0.25, -0.2) is 0 Å². The minimum absolute atomic E-state index is 0.203. The first kappa shape index (κ1) is 12.8. The van der Waals surface area contributed by atoms with E-state index in [-0.39, 0.29) is 6.10 Å². The summed E-state index contributed by atoms with van der Waals surface area (Å²) in [4.78, 5) is 4.86. The zero-order valence-corrected chi connectivity index (χ0v) is 11.0. The first-order chi connectivity index (χ1) is 8.84. The molecule has 0 amide bonds. The van der Waals surface area contributed by atoms with Gasteiger partial charge in [-0.05, 0) is 12.8 Å². The van der Waals surface area contributed by atoms with E-state index < -0.39 is 0 Å². The van der Waals surface area contributed by atoms with Gasteiger partial charge in [0.2, 0.25) is 0 Å². The van der Waals surface area contributed by atoms with Gasteiger partial charge in [-0.15, -0.1) is 0 Å². The molecule has 5 nitrogen and oxygen atoms in total. The second-order valence-corrected chi connectivity index (χ2v) is 5.58. The molecule has 0 bridgehead atoms. The molecule has 104 valence electrons. The first-order valence-corrected chi connectivity index (χ1v) is 7.16. The Balaban J connectivity index is 1.57. The molecule has 0 aromatic heterocycles. The molecule has 18 heavy (non-hydrogen) atoms. The Kier molecular flexibility index (Phi) is 4.16. The number of hydrogen-bond acceptors (Lipinski definition) is 5. The van der Waals surface area contributed by atoms with Crippen molar-refractivity contribution in [3.05, 3.63) is 0 Å². The summed E-state index contributed by atoms with van der Waals surface area (Å²) >= 11 is 0. The third kappa shape index (κ3) is 2.70. The first-order valence-electron chi connectivity index (χ1n) is 7.16. The third-order valence-electron chi connectivity index (χ3n) is 4.51. The maximum absolute atomic E-state index is 10.3. The smallest absolute Gasteiger partial charge is 0.0834 e. The molecule has 3 aliphatic rings. The Morgan fingerprint density at radius 2 is 1.50 bits per heavy atom. The van der Waals surface area contributed by atoms with Crippen LogP contribution in [0.1, 0.15) is 12.8 Å². The maximum atomic E-state index is 10.3. The number of β-amino-alcohol motifs (C(OH)–C–C–N with tert-alkyl or cyclic N) is 1. The minimum atomic E-state index is -0.203. The molecule has 0 saturated carbocycles. The number of ether oxygens (including phenoxy) is 2. The van der Waals surface area contributed by atoms with Gasteiger partial charge in [-0.3, -0.25) is 9.80 Å². The fraction of sp³-hybridized carbons (Fsp3) is 1.00. The van der Waals surface area contributed by atoms with E-state index in [2.05, 4.69) is 9.80 Å². The average Bonchev–Trinajstić information content (AvgIpc) is 2.83. The van der Waals surface area contributed by atoms with Crippen molar-refractivity contribution in [1.29, 1.82) is 0 Å². The van der Waals surface area contributed by atoms with Gasteiger partial charge >= 0.3 is 0 Å². The number of rotatable bonds is 2. The van der Waals surface area contributed by atoms with Gasteiger partial charge in [0.25, 0.3) is 0 Å². The Hall–Kier alpha value is -0.200. The maximum Gasteiger partial charge on any atom is 0.0834 e. The van der Waals surface area contributed by atoms with Crippen LogP contribution >= 0.6 is 0 Å². The highest BCUT2D eigenvalue weighted by Gasteiger charge is 2.38. The molecule has 1 N–H and O–H groups in total. The van der Waals surface area contributed by atoms with Crippen LogP contribution in [0.15, 0.2) is 0 Å². The van der Waals surface area contributed by atoms with E-state index in [9.17, 15) is 5.11 Å². The fourth-order valence-corrected chi connectivity index (χ4v) is 3.41. The summed E-state index contributed by atoms with van der Waals surface area (Å²) in [6, 6.07) is 0.913. The molecule has 3 heterocycles. The highest BCUT2D eigenvalue weighted by atomic mass is 16.5. The molecule has 3 saturated heterocycles. The van der Waals surface area contributed by atoms with Crippen LogP contribution in [0.4, 0.5) is 0 Å². The molecule has 0 aliphatic carbocycles. The van der Waals surface area contributed by atoms with Crippen LogP contribution in [0.5, 0.6) is 0 Å². The van der Waals surface area contributed by atoms with E-state index in [0.29, 0.717) is 12.1 Å². The lowest BCUT2D eigenvalue weighted by Gasteiger charge is -2.34. The normalized spacial score (nSPS) is 37.2. The summed E-state index contributed by atoms with van der Waals surface area (Å²) in [5, 5.41) is 10.3. The number of nitrogens with zero attached hydrogens (tertiary/aromatic N) is 2. The Morgan fingerprint density at radius 1 is 0.833 bits per heavy atom. The van der Waals surface area contributed by atoms with E-state index >= 15 is 0 Å². The van der Waals surface area contributed by atoms with E-state index in [4.69, 9.17) is 9.47 Å². The van der Waals surface area contributed by atoms with Crippen molar-refractivity contribution in [2.45, 2.75) is 31.0 Å². The van der Waals surface area contributed by atoms with Gasteiger partial charge in [0.05, 0.1) is 19.3 Å². The lowest BCUT2D eigenvalue weighted by molar-refractivity contribution is -0.00662. The summed E-state index contributed by atoms with van der Waals surface area (Å²) in [6.45, 7) is 7.12. The predicted molar refractivity (Wildman–Crippen MR) is 67.6 cm³/mol. The van der Waals surface area contributed by atoms with Gasteiger partial charge < -0.3 is 14.6 Å². The highest BCUT2D eigenvalue weighted by Crippen LogP contribution is 2.23. The monoisotopic (exact) mass is 256 g/mol. The highest BCUT2D eigenvalue weighted by molar-refractivity contribution is 4.94. The molecule has 2 atom stereocenters. The van der Waals surface area contributed by atoms with Crippen molar-refractivity contribution < 1.29 is 14.6 Å². The quantitative estimate of drug-likeness (QED) is 0.724. The van der Waals surface area contributed by atoms with Crippen LogP contribution in [0.2, 0.25) is 0 Å². The summed E-state index contributed by atoms with van der Waals surface area (Å²) < 4.78 is 10.8. The molecule has 0 unspecified atom stereocenters.